The second kappa shape index (κ2) is 10.8. The number of hydrogen-bond acceptors (Lipinski definition) is 6. The van der Waals surface area contributed by atoms with Crippen LogP contribution in [-0.2, 0) is 11.3 Å². The Morgan fingerprint density at radius 2 is 2.25 bits per heavy atom. The summed E-state index contributed by atoms with van der Waals surface area (Å²) in [5, 5.41) is 12.4. The second-order valence-electron chi connectivity index (χ2n) is 6.64. The minimum atomic E-state index is -0.552. The fourth-order valence-corrected chi connectivity index (χ4v) is 3.75. The van der Waals surface area contributed by atoms with Crippen LogP contribution < -0.4 is 20.5 Å². The summed E-state index contributed by atoms with van der Waals surface area (Å²) in [6.07, 6.45) is 5.14. The average molecular weight is 406 g/mol. The Hall–Kier alpha value is -2.42. The second-order valence-corrected chi connectivity index (χ2v) is 7.72. The molecule has 2 aromatic heterocycles. The van der Waals surface area contributed by atoms with E-state index in [1.165, 1.54) is 11.3 Å². The molecule has 2 amide bonds. The highest BCUT2D eigenvalue weighted by Crippen LogP contribution is 2.06. The fraction of sp³-hybridized carbons (Fsp3) is 0.400. The van der Waals surface area contributed by atoms with Gasteiger partial charge in [-0.05, 0) is 49.7 Å². The smallest absolute Gasteiger partial charge is 0.284 e. The Morgan fingerprint density at radius 3 is 2.89 bits per heavy atom. The average Bonchev–Trinajstić information content (AvgIpc) is 3.29. The minimum absolute atomic E-state index is 0.0396. The van der Waals surface area contributed by atoms with Gasteiger partial charge in [0.2, 0.25) is 5.91 Å². The van der Waals surface area contributed by atoms with E-state index in [4.69, 9.17) is 9.62 Å². The van der Waals surface area contributed by atoms with Crippen LogP contribution in [0.1, 0.15) is 42.1 Å². The Balaban J connectivity index is 1.90. The molecule has 2 rings (SSSR count). The third-order valence-electron chi connectivity index (χ3n) is 4.10. The van der Waals surface area contributed by atoms with E-state index in [0.29, 0.717) is 24.4 Å². The van der Waals surface area contributed by atoms with Gasteiger partial charge in [-0.3, -0.25) is 19.7 Å². The highest BCUT2D eigenvalue weighted by molar-refractivity contribution is 7.11. The summed E-state index contributed by atoms with van der Waals surface area (Å²) in [5.74, 6) is 0.247. The van der Waals surface area contributed by atoms with Crippen LogP contribution in [0.2, 0.25) is 0 Å². The van der Waals surface area contributed by atoms with Gasteiger partial charge < -0.3 is 9.73 Å². The van der Waals surface area contributed by atoms with Gasteiger partial charge in [0.05, 0.1) is 24.2 Å². The van der Waals surface area contributed by atoms with Crippen molar-refractivity contribution in [3.05, 3.63) is 44.9 Å². The molecule has 0 spiro atoms. The lowest BCUT2D eigenvalue weighted by Gasteiger charge is -2.21. The summed E-state index contributed by atoms with van der Waals surface area (Å²) in [7, 11) is 0. The number of furan rings is 1. The van der Waals surface area contributed by atoms with Gasteiger partial charge in [-0.1, -0.05) is 19.6 Å². The van der Waals surface area contributed by atoms with Crippen molar-refractivity contribution in [1.29, 1.82) is 0 Å². The van der Waals surface area contributed by atoms with Crippen LogP contribution in [0.15, 0.2) is 28.9 Å². The summed E-state index contributed by atoms with van der Waals surface area (Å²) >= 11 is 1.25. The highest BCUT2D eigenvalue weighted by atomic mass is 32.1. The van der Waals surface area contributed by atoms with Crippen LogP contribution in [0.3, 0.4) is 0 Å². The molecule has 1 atom stereocenters. The van der Waals surface area contributed by atoms with Gasteiger partial charge in [0.1, 0.15) is 5.76 Å². The number of carbonyl (C=O) groups excluding carboxylic acids is 2. The number of nitrogens with one attached hydrogen (secondary N) is 2. The Kier molecular flexibility index (Phi) is 8.43. The number of carbonyl (C=O) groups is 2. The van der Waals surface area contributed by atoms with Crippen LogP contribution in [0.4, 0.5) is 0 Å². The van der Waals surface area contributed by atoms with Gasteiger partial charge in [-0.2, -0.15) is 0 Å². The van der Waals surface area contributed by atoms with Crippen molar-refractivity contribution in [2.24, 2.45) is 0 Å². The monoisotopic (exact) mass is 405 g/mol. The SMILES string of the molecule is C=c1cc(C(=O)NO)s/c1=C/CC(C)NC(=O)CN(CCC)Cc1ccco1. The van der Waals surface area contributed by atoms with Crippen LogP contribution in [0, 0.1) is 0 Å². The predicted octanol–water partition coefficient (Wildman–Crippen LogP) is 1.46. The Morgan fingerprint density at radius 1 is 1.46 bits per heavy atom. The number of hydrogen-bond donors (Lipinski definition) is 3. The molecule has 1 unspecified atom stereocenters. The molecular formula is C20H27N3O4S. The number of nitrogens with zero attached hydrogens (tertiary/aromatic N) is 1. The summed E-state index contributed by atoms with van der Waals surface area (Å²) in [6, 6.07) is 5.31. The first-order valence-corrected chi connectivity index (χ1v) is 10.0. The molecule has 152 valence electrons. The molecule has 0 saturated carbocycles. The van der Waals surface area contributed by atoms with Crippen LogP contribution in [0.25, 0.3) is 12.7 Å². The zero-order valence-corrected chi connectivity index (χ0v) is 17.1. The normalized spacial score (nSPS) is 12.9. The molecule has 2 heterocycles. The van der Waals surface area contributed by atoms with Crippen molar-refractivity contribution in [3.8, 4) is 0 Å². The van der Waals surface area contributed by atoms with E-state index in [-0.39, 0.29) is 11.9 Å². The lowest BCUT2D eigenvalue weighted by molar-refractivity contribution is -0.123. The van der Waals surface area contributed by atoms with Gasteiger partial charge in [-0.25, -0.2) is 5.48 Å². The molecule has 0 saturated heterocycles. The first-order chi connectivity index (χ1) is 13.4. The van der Waals surface area contributed by atoms with E-state index in [1.807, 2.05) is 25.1 Å². The maximum absolute atomic E-state index is 12.4. The Labute approximate surface area is 168 Å². The summed E-state index contributed by atoms with van der Waals surface area (Å²) in [6.45, 7) is 9.63. The number of rotatable bonds is 10. The fourth-order valence-electron chi connectivity index (χ4n) is 2.80. The van der Waals surface area contributed by atoms with Crippen LogP contribution in [-0.4, -0.2) is 41.1 Å². The molecule has 8 heteroatoms. The van der Waals surface area contributed by atoms with Gasteiger partial charge in [0.25, 0.3) is 5.91 Å². The molecule has 0 aromatic carbocycles. The molecule has 0 fully saturated rings. The molecule has 0 aliphatic heterocycles. The topological polar surface area (TPSA) is 94.8 Å². The summed E-state index contributed by atoms with van der Waals surface area (Å²) in [4.78, 5) is 26.3. The quantitative estimate of drug-likeness (QED) is 0.411. The van der Waals surface area contributed by atoms with E-state index in [2.05, 4.69) is 23.7 Å². The largest absolute Gasteiger partial charge is 0.468 e. The standard InChI is InChI=1S/C20H27N3O4S/c1-4-9-23(12-16-6-5-10-27-16)13-19(24)21-15(3)7-8-17-14(2)11-18(28-17)20(25)22-26/h5-6,8,10-11,15,26H,2,4,7,9,12-13H2,1,3H3,(H,21,24)(H,22,25)/b17-8+. The lowest BCUT2D eigenvalue weighted by atomic mass is 10.2. The highest BCUT2D eigenvalue weighted by Gasteiger charge is 2.14. The molecule has 0 aliphatic carbocycles. The molecule has 2 aromatic rings. The van der Waals surface area contributed by atoms with Gasteiger partial charge in [0, 0.05) is 10.6 Å². The number of hydroxylamine groups is 1. The van der Waals surface area contributed by atoms with Crippen molar-refractivity contribution in [2.45, 2.75) is 39.3 Å². The zero-order chi connectivity index (χ0) is 20.5. The predicted molar refractivity (Wildman–Crippen MR) is 109 cm³/mol. The molecule has 0 radical (unpaired) electrons. The van der Waals surface area contributed by atoms with Crippen molar-refractivity contribution in [1.82, 2.24) is 15.7 Å². The molecule has 3 N–H and O–H groups in total. The molecule has 7 nitrogen and oxygen atoms in total. The van der Waals surface area contributed by atoms with Crippen molar-refractivity contribution in [2.75, 3.05) is 13.1 Å². The van der Waals surface area contributed by atoms with Gasteiger partial charge >= 0.3 is 0 Å². The number of amides is 2. The minimum Gasteiger partial charge on any atom is -0.468 e. The van der Waals surface area contributed by atoms with Gasteiger partial charge in [0.15, 0.2) is 0 Å². The van der Waals surface area contributed by atoms with Crippen LogP contribution in [0.5, 0.6) is 0 Å². The summed E-state index contributed by atoms with van der Waals surface area (Å²) < 4.78 is 6.22. The van der Waals surface area contributed by atoms with E-state index < -0.39 is 5.91 Å². The Bertz CT molecular complexity index is 876. The van der Waals surface area contributed by atoms with Crippen molar-refractivity contribution >= 4 is 35.8 Å². The van der Waals surface area contributed by atoms with Gasteiger partial charge in [-0.15, -0.1) is 11.3 Å². The third-order valence-corrected chi connectivity index (χ3v) is 5.27. The van der Waals surface area contributed by atoms with Crippen LogP contribution >= 0.6 is 11.3 Å². The first kappa shape index (κ1) is 21.9. The zero-order valence-electron chi connectivity index (χ0n) is 16.2. The third kappa shape index (κ3) is 6.63. The first-order valence-electron chi connectivity index (χ1n) is 9.20. The van der Waals surface area contributed by atoms with E-state index >= 15 is 0 Å². The maximum atomic E-state index is 12.4. The van der Waals surface area contributed by atoms with E-state index in [9.17, 15) is 9.59 Å². The maximum Gasteiger partial charge on any atom is 0.284 e. The molecule has 0 bridgehead atoms. The van der Waals surface area contributed by atoms with E-state index in [1.54, 1.807) is 17.8 Å². The number of thiophene rings is 1. The summed E-state index contributed by atoms with van der Waals surface area (Å²) in [5.41, 5.74) is 1.62. The molecular weight excluding hydrogens is 378 g/mol. The lowest BCUT2D eigenvalue weighted by Crippen LogP contribution is -2.41. The van der Waals surface area contributed by atoms with E-state index in [0.717, 1.165) is 28.5 Å². The molecule has 0 aliphatic rings. The van der Waals surface area contributed by atoms with Crippen molar-refractivity contribution < 1.29 is 19.2 Å². The molecule has 28 heavy (non-hydrogen) atoms. The van der Waals surface area contributed by atoms with Crippen molar-refractivity contribution in [3.63, 3.8) is 0 Å².